The molecule has 2 aromatic heterocycles. The van der Waals surface area contributed by atoms with Crippen LogP contribution in [0.4, 0.5) is 17.1 Å². The molecule has 298 valence electrons. The topological polar surface area (TPSA) is 30.5 Å². The molecule has 0 radical (unpaired) electrons. The van der Waals surface area contributed by atoms with Gasteiger partial charge in [-0.1, -0.05) is 147 Å². The second kappa shape index (κ2) is 13.0. The molecule has 3 aliphatic rings. The van der Waals surface area contributed by atoms with E-state index >= 15 is 0 Å². The van der Waals surface area contributed by atoms with Crippen LogP contribution >= 0.6 is 0 Å². The normalized spacial score (nSPS) is 13.8. The van der Waals surface area contributed by atoms with Crippen molar-refractivity contribution in [2.45, 2.75) is 31.6 Å². The molecule has 1 aliphatic heterocycles. The first-order chi connectivity index (χ1) is 30.9. The van der Waals surface area contributed by atoms with Crippen molar-refractivity contribution in [1.29, 1.82) is 0 Å². The summed E-state index contributed by atoms with van der Waals surface area (Å²) in [7, 11) is 0. The average Bonchev–Trinajstić information content (AvgIpc) is 3.96. The highest BCUT2D eigenvalue weighted by Gasteiger charge is 2.52. The lowest BCUT2D eigenvalue weighted by molar-refractivity contribution is 0.436. The van der Waals surface area contributed by atoms with Gasteiger partial charge in [-0.15, -0.1) is 0 Å². The number of anilines is 3. The van der Waals surface area contributed by atoms with Crippen molar-refractivity contribution in [3.05, 3.63) is 227 Å². The van der Waals surface area contributed by atoms with Crippen molar-refractivity contribution < 1.29 is 9.15 Å². The largest absolute Gasteiger partial charge is 0.457 e. The number of hydrogen-bond acceptors (Lipinski definition) is 3. The number of hydrogen-bond donors (Lipinski definition) is 0. The van der Waals surface area contributed by atoms with Crippen molar-refractivity contribution in [3.8, 4) is 28.3 Å². The number of fused-ring (bicyclic) bond motifs is 16. The molecule has 4 nitrogen and oxygen atoms in total. The minimum atomic E-state index is -0.705. The highest BCUT2D eigenvalue weighted by molar-refractivity contribution is 6.14. The summed E-state index contributed by atoms with van der Waals surface area (Å²) in [6, 6.07) is 63.9. The SMILES string of the molecule is CC(C)(C)c1ccc(N(c2ccc3c4ccccc4n(-c4ccccc4)c3c2)c2cc3c(c4oc5c(c24)C=C=C=C5)-c2ccccc2C32c3ccccc3Oc3ccccc32)cc1. The third kappa shape index (κ3) is 4.94. The number of para-hydroxylation sites is 4. The van der Waals surface area contributed by atoms with Gasteiger partial charge in [-0.05, 0) is 88.3 Å². The van der Waals surface area contributed by atoms with Gasteiger partial charge < -0.3 is 18.6 Å². The molecule has 0 saturated carbocycles. The van der Waals surface area contributed by atoms with Crippen LogP contribution in [0.2, 0.25) is 0 Å². The Balaban J connectivity index is 1.18. The molecule has 8 aromatic carbocycles. The third-order valence-corrected chi connectivity index (χ3v) is 13.5. The molecule has 0 saturated heterocycles. The standard InChI is InChI=1S/C59H40N2O2/c1-58(2,3)37-29-31-39(32-30-37)60(40-33-34-42-41-19-8-13-25-49(41)61(50(42)35-40)38-17-5-4-6-18-38)51-36-48-55(57-56(51)44-21-9-14-26-52(44)63-57)43-20-7-10-22-45(43)59(48)46-23-11-15-27-53(46)62-54-28-16-12-24-47(54)59/h4-8,10-13,15-36H,1-3H3. The Hall–Kier alpha value is -8.00. The summed E-state index contributed by atoms with van der Waals surface area (Å²) in [6.07, 6.45) is 3.96. The Kier molecular flexibility index (Phi) is 7.37. The molecule has 10 aromatic rings. The van der Waals surface area contributed by atoms with Gasteiger partial charge in [0.25, 0.3) is 0 Å². The first-order valence-electron chi connectivity index (χ1n) is 21.7. The molecule has 0 atom stereocenters. The molecule has 0 unspecified atom stereocenters. The molecule has 4 heteroatoms. The van der Waals surface area contributed by atoms with Crippen LogP contribution in [-0.2, 0) is 10.8 Å². The number of benzene rings is 8. The first kappa shape index (κ1) is 35.7. The fourth-order valence-electron chi connectivity index (χ4n) is 10.7. The Morgan fingerprint density at radius 1 is 0.556 bits per heavy atom. The van der Waals surface area contributed by atoms with E-state index < -0.39 is 5.41 Å². The summed E-state index contributed by atoms with van der Waals surface area (Å²) in [5.74, 6) is 2.47. The number of furan rings is 1. The lowest BCUT2D eigenvalue weighted by Crippen LogP contribution is -2.32. The Morgan fingerprint density at radius 2 is 1.19 bits per heavy atom. The fourth-order valence-corrected chi connectivity index (χ4v) is 10.7. The van der Waals surface area contributed by atoms with Crippen LogP contribution in [0.25, 0.3) is 61.7 Å². The lowest BCUT2D eigenvalue weighted by atomic mass is 9.66. The van der Waals surface area contributed by atoms with Crippen molar-refractivity contribution in [2.75, 3.05) is 4.90 Å². The minimum Gasteiger partial charge on any atom is -0.457 e. The maximum Gasteiger partial charge on any atom is 0.145 e. The monoisotopic (exact) mass is 808 g/mol. The van der Waals surface area contributed by atoms with Gasteiger partial charge in [0.1, 0.15) is 22.8 Å². The van der Waals surface area contributed by atoms with Gasteiger partial charge in [0.2, 0.25) is 0 Å². The van der Waals surface area contributed by atoms with Gasteiger partial charge in [-0.25, -0.2) is 0 Å². The average molecular weight is 809 g/mol. The summed E-state index contributed by atoms with van der Waals surface area (Å²) in [4.78, 5) is 2.45. The van der Waals surface area contributed by atoms with E-state index in [0.717, 1.165) is 89.9 Å². The molecule has 1 spiro atoms. The number of ether oxygens (including phenoxy) is 1. The number of aromatic nitrogens is 1. The van der Waals surface area contributed by atoms with Crippen LogP contribution < -0.4 is 9.64 Å². The predicted molar refractivity (Wildman–Crippen MR) is 257 cm³/mol. The predicted octanol–water partition coefficient (Wildman–Crippen LogP) is 15.6. The van der Waals surface area contributed by atoms with E-state index in [0.29, 0.717) is 0 Å². The molecule has 3 heterocycles. The molecule has 0 N–H and O–H groups in total. The summed E-state index contributed by atoms with van der Waals surface area (Å²) < 4.78 is 16.3. The Morgan fingerprint density at radius 3 is 1.95 bits per heavy atom. The molecule has 0 fully saturated rings. The summed E-state index contributed by atoms with van der Waals surface area (Å²) in [5, 5.41) is 3.44. The van der Waals surface area contributed by atoms with Crippen molar-refractivity contribution in [2.24, 2.45) is 0 Å². The van der Waals surface area contributed by atoms with Crippen LogP contribution in [0.1, 0.15) is 59.9 Å². The second-order valence-corrected chi connectivity index (χ2v) is 17.9. The smallest absolute Gasteiger partial charge is 0.145 e. The highest BCUT2D eigenvalue weighted by atomic mass is 16.5. The van der Waals surface area contributed by atoms with Crippen LogP contribution in [0.15, 0.2) is 192 Å². The Bertz CT molecular complexity index is 3610. The first-order valence-corrected chi connectivity index (χ1v) is 21.7. The van der Waals surface area contributed by atoms with Gasteiger partial charge in [0.15, 0.2) is 0 Å². The molecule has 0 amide bonds. The maximum absolute atomic E-state index is 7.16. The van der Waals surface area contributed by atoms with E-state index in [1.807, 2.05) is 12.2 Å². The second-order valence-electron chi connectivity index (χ2n) is 17.9. The van der Waals surface area contributed by atoms with Gasteiger partial charge >= 0.3 is 0 Å². The molecule has 63 heavy (non-hydrogen) atoms. The van der Waals surface area contributed by atoms with E-state index in [4.69, 9.17) is 9.15 Å². The Labute approximate surface area is 365 Å². The van der Waals surface area contributed by atoms with Crippen molar-refractivity contribution in [1.82, 2.24) is 4.57 Å². The molecular formula is C59H40N2O2. The third-order valence-electron chi connectivity index (χ3n) is 13.5. The molecular weight excluding hydrogens is 769 g/mol. The van der Waals surface area contributed by atoms with E-state index in [1.165, 1.54) is 27.4 Å². The van der Waals surface area contributed by atoms with E-state index in [9.17, 15) is 0 Å². The van der Waals surface area contributed by atoms with Gasteiger partial charge in [-0.3, -0.25) is 0 Å². The fraction of sp³-hybridized carbons (Fsp3) is 0.0847. The van der Waals surface area contributed by atoms with Gasteiger partial charge in [0.05, 0.1) is 27.5 Å². The highest BCUT2D eigenvalue weighted by Crippen LogP contribution is 2.65. The summed E-state index contributed by atoms with van der Waals surface area (Å²) >= 11 is 0. The van der Waals surface area contributed by atoms with Crippen LogP contribution in [0, 0.1) is 0 Å². The zero-order valence-corrected chi connectivity index (χ0v) is 35.1. The number of rotatable bonds is 4. The molecule has 2 aliphatic carbocycles. The van der Waals surface area contributed by atoms with Gasteiger partial charge in [0, 0.05) is 62.2 Å². The quantitative estimate of drug-likeness (QED) is 0.166. The van der Waals surface area contributed by atoms with E-state index in [2.05, 4.69) is 218 Å². The van der Waals surface area contributed by atoms with Crippen molar-refractivity contribution in [3.63, 3.8) is 0 Å². The zero-order chi connectivity index (χ0) is 42.0. The minimum absolute atomic E-state index is 0.0190. The molecule has 0 bridgehead atoms. The number of nitrogens with zero attached hydrogens (tertiary/aromatic N) is 2. The summed E-state index contributed by atoms with van der Waals surface area (Å²) in [5.41, 5.74) is 22.2. The van der Waals surface area contributed by atoms with E-state index in [1.54, 1.807) is 0 Å². The molecule has 13 rings (SSSR count). The van der Waals surface area contributed by atoms with Gasteiger partial charge in [-0.2, -0.15) is 0 Å². The van der Waals surface area contributed by atoms with Crippen LogP contribution in [0.5, 0.6) is 11.5 Å². The zero-order valence-electron chi connectivity index (χ0n) is 35.1. The summed E-state index contributed by atoms with van der Waals surface area (Å²) in [6.45, 7) is 6.81. The van der Waals surface area contributed by atoms with Crippen LogP contribution in [-0.4, -0.2) is 4.57 Å². The van der Waals surface area contributed by atoms with Crippen molar-refractivity contribution >= 4 is 62.0 Å². The van der Waals surface area contributed by atoms with Crippen LogP contribution in [0.3, 0.4) is 0 Å². The van der Waals surface area contributed by atoms with E-state index in [-0.39, 0.29) is 5.41 Å². The maximum atomic E-state index is 7.16. The lowest BCUT2D eigenvalue weighted by Gasteiger charge is -2.39.